The summed E-state index contributed by atoms with van der Waals surface area (Å²) in [4.78, 5) is 16.3. The topological polar surface area (TPSA) is 49.6 Å². The molecule has 1 heterocycles. The Morgan fingerprint density at radius 3 is 2.21 bits per heavy atom. The Balaban J connectivity index is 0.00000187. The first kappa shape index (κ1) is 27.6. The SMILES string of the molecule is CC.CC(C)c1cc(C(N)=O)c(F)cc1CN1CCN(C(C)c2cc(Cl)cc(Cl)c2)C(C)C1. The van der Waals surface area contributed by atoms with Gasteiger partial charge in [-0.3, -0.25) is 14.6 Å². The van der Waals surface area contributed by atoms with Crippen LogP contribution in [0, 0.1) is 5.82 Å². The third-order valence-electron chi connectivity index (χ3n) is 6.14. The van der Waals surface area contributed by atoms with Crippen LogP contribution in [0.15, 0.2) is 30.3 Å². The van der Waals surface area contributed by atoms with Gasteiger partial charge in [0.15, 0.2) is 0 Å². The Labute approximate surface area is 207 Å². The molecule has 3 rings (SSSR count). The number of nitrogens with two attached hydrogens (primary N) is 1. The highest BCUT2D eigenvalue weighted by Crippen LogP contribution is 2.31. The van der Waals surface area contributed by atoms with Gasteiger partial charge in [0.1, 0.15) is 5.82 Å². The maximum Gasteiger partial charge on any atom is 0.251 e. The van der Waals surface area contributed by atoms with Crippen molar-refractivity contribution < 1.29 is 9.18 Å². The summed E-state index contributed by atoms with van der Waals surface area (Å²) in [5, 5.41) is 1.28. The molecule has 7 heteroatoms. The Hall–Kier alpha value is -1.66. The zero-order chi connectivity index (χ0) is 24.9. The van der Waals surface area contributed by atoms with Gasteiger partial charge in [-0.2, -0.15) is 0 Å². The number of rotatable bonds is 6. The van der Waals surface area contributed by atoms with Crippen LogP contribution in [-0.4, -0.2) is 41.4 Å². The number of primary amides is 1. The highest BCUT2D eigenvalue weighted by atomic mass is 35.5. The highest BCUT2D eigenvalue weighted by Gasteiger charge is 2.29. The van der Waals surface area contributed by atoms with Crippen LogP contribution in [0.5, 0.6) is 0 Å². The van der Waals surface area contributed by atoms with Crippen LogP contribution < -0.4 is 5.73 Å². The van der Waals surface area contributed by atoms with E-state index in [1.54, 1.807) is 12.1 Å². The van der Waals surface area contributed by atoms with E-state index in [1.807, 2.05) is 39.8 Å². The fraction of sp³-hybridized carbons (Fsp3) is 0.500. The van der Waals surface area contributed by atoms with Crippen molar-refractivity contribution in [3.8, 4) is 0 Å². The van der Waals surface area contributed by atoms with Gasteiger partial charge in [0.05, 0.1) is 5.56 Å². The molecule has 2 aromatic carbocycles. The number of carbonyl (C=O) groups excluding carboxylic acids is 1. The molecule has 0 aliphatic carbocycles. The van der Waals surface area contributed by atoms with E-state index in [2.05, 4.69) is 23.6 Å². The van der Waals surface area contributed by atoms with Crippen LogP contribution >= 0.6 is 23.2 Å². The molecule has 0 saturated carbocycles. The van der Waals surface area contributed by atoms with Crippen LogP contribution in [0.3, 0.4) is 0 Å². The van der Waals surface area contributed by atoms with Gasteiger partial charge in [-0.1, -0.05) is 50.9 Å². The number of benzene rings is 2. The van der Waals surface area contributed by atoms with E-state index < -0.39 is 11.7 Å². The fourth-order valence-electron chi connectivity index (χ4n) is 4.51. The second-order valence-corrected chi connectivity index (χ2v) is 9.62. The summed E-state index contributed by atoms with van der Waals surface area (Å²) in [6.45, 7) is 15.7. The largest absolute Gasteiger partial charge is 0.366 e. The average molecular weight is 496 g/mol. The molecule has 2 unspecified atom stereocenters. The predicted octanol–water partition coefficient (Wildman–Crippen LogP) is 6.65. The second-order valence-electron chi connectivity index (χ2n) is 8.75. The van der Waals surface area contributed by atoms with Crippen molar-refractivity contribution in [2.24, 2.45) is 5.73 Å². The van der Waals surface area contributed by atoms with E-state index in [0.29, 0.717) is 22.6 Å². The lowest BCUT2D eigenvalue weighted by atomic mass is 9.93. The lowest BCUT2D eigenvalue weighted by Gasteiger charge is -2.43. The zero-order valence-corrected chi connectivity index (χ0v) is 22.0. The Morgan fingerprint density at radius 1 is 1.09 bits per heavy atom. The number of piperazine rings is 1. The Kier molecular flexibility index (Phi) is 10.2. The van der Waals surface area contributed by atoms with E-state index in [9.17, 15) is 9.18 Å². The molecule has 1 saturated heterocycles. The molecule has 0 aromatic heterocycles. The molecule has 182 valence electrons. The van der Waals surface area contributed by atoms with Crippen molar-refractivity contribution in [1.82, 2.24) is 9.80 Å². The maximum atomic E-state index is 14.4. The normalized spacial score (nSPS) is 18.1. The summed E-state index contributed by atoms with van der Waals surface area (Å²) in [5.74, 6) is -1.12. The van der Waals surface area contributed by atoms with Crippen molar-refractivity contribution in [2.45, 2.75) is 66.1 Å². The number of nitrogens with zero attached hydrogens (tertiary/aromatic N) is 2. The number of halogens is 3. The molecule has 2 aromatic rings. The molecule has 1 aliphatic rings. The first-order chi connectivity index (χ1) is 15.6. The van der Waals surface area contributed by atoms with Crippen LogP contribution in [0.4, 0.5) is 4.39 Å². The fourth-order valence-corrected chi connectivity index (χ4v) is 5.05. The molecular weight excluding hydrogens is 460 g/mol. The van der Waals surface area contributed by atoms with Crippen molar-refractivity contribution in [2.75, 3.05) is 19.6 Å². The monoisotopic (exact) mass is 495 g/mol. The van der Waals surface area contributed by atoms with E-state index in [1.165, 1.54) is 6.07 Å². The van der Waals surface area contributed by atoms with Gasteiger partial charge < -0.3 is 5.73 Å². The summed E-state index contributed by atoms with van der Waals surface area (Å²) >= 11 is 12.4. The van der Waals surface area contributed by atoms with Gasteiger partial charge in [0.2, 0.25) is 0 Å². The molecule has 4 nitrogen and oxygen atoms in total. The minimum Gasteiger partial charge on any atom is -0.366 e. The van der Waals surface area contributed by atoms with Crippen molar-refractivity contribution in [3.63, 3.8) is 0 Å². The minimum absolute atomic E-state index is 0.0420. The third-order valence-corrected chi connectivity index (χ3v) is 6.57. The lowest BCUT2D eigenvalue weighted by molar-refractivity contribution is 0.0503. The quantitative estimate of drug-likeness (QED) is 0.487. The number of hydrogen-bond acceptors (Lipinski definition) is 3. The first-order valence-corrected chi connectivity index (χ1v) is 12.4. The molecule has 0 radical (unpaired) electrons. The van der Waals surface area contributed by atoms with Gasteiger partial charge in [-0.15, -0.1) is 0 Å². The summed E-state index contributed by atoms with van der Waals surface area (Å²) in [6, 6.07) is 9.26. The summed E-state index contributed by atoms with van der Waals surface area (Å²) in [5.41, 5.74) is 8.27. The van der Waals surface area contributed by atoms with Crippen molar-refractivity contribution in [3.05, 3.63) is 68.4 Å². The van der Waals surface area contributed by atoms with Crippen LogP contribution in [-0.2, 0) is 6.54 Å². The van der Waals surface area contributed by atoms with Gasteiger partial charge in [0, 0.05) is 48.3 Å². The van der Waals surface area contributed by atoms with Crippen molar-refractivity contribution in [1.29, 1.82) is 0 Å². The van der Waals surface area contributed by atoms with Gasteiger partial charge in [-0.05, 0) is 66.8 Å². The van der Waals surface area contributed by atoms with E-state index in [4.69, 9.17) is 28.9 Å². The number of hydrogen-bond donors (Lipinski definition) is 1. The lowest BCUT2D eigenvalue weighted by Crippen LogP contribution is -2.52. The highest BCUT2D eigenvalue weighted by molar-refractivity contribution is 6.34. The molecule has 33 heavy (non-hydrogen) atoms. The van der Waals surface area contributed by atoms with Crippen LogP contribution in [0.25, 0.3) is 0 Å². The number of amides is 1. The summed E-state index contributed by atoms with van der Waals surface area (Å²) < 4.78 is 14.4. The first-order valence-electron chi connectivity index (χ1n) is 11.6. The molecule has 2 atom stereocenters. The molecular formula is C26H36Cl2FN3O. The minimum atomic E-state index is -0.733. The Morgan fingerprint density at radius 2 is 1.70 bits per heavy atom. The van der Waals surface area contributed by atoms with E-state index in [-0.39, 0.29) is 17.5 Å². The summed E-state index contributed by atoms with van der Waals surface area (Å²) in [7, 11) is 0. The molecule has 1 aliphatic heterocycles. The molecule has 0 bridgehead atoms. The van der Waals surface area contributed by atoms with Crippen LogP contribution in [0.1, 0.15) is 80.6 Å². The molecule has 0 spiro atoms. The van der Waals surface area contributed by atoms with E-state index >= 15 is 0 Å². The Bertz CT molecular complexity index is 947. The molecule has 2 N–H and O–H groups in total. The van der Waals surface area contributed by atoms with Crippen molar-refractivity contribution >= 4 is 29.1 Å². The van der Waals surface area contributed by atoms with Gasteiger partial charge >= 0.3 is 0 Å². The predicted molar refractivity (Wildman–Crippen MR) is 137 cm³/mol. The maximum absolute atomic E-state index is 14.4. The third kappa shape index (κ3) is 6.92. The summed E-state index contributed by atoms with van der Waals surface area (Å²) in [6.07, 6.45) is 0. The number of carbonyl (C=O) groups is 1. The average Bonchev–Trinajstić information content (AvgIpc) is 2.73. The van der Waals surface area contributed by atoms with E-state index in [0.717, 1.165) is 36.3 Å². The van der Waals surface area contributed by atoms with Crippen LogP contribution in [0.2, 0.25) is 10.0 Å². The second kappa shape index (κ2) is 12.2. The molecule has 1 fully saturated rings. The standard InChI is InChI=1S/C24H30Cl2FN3O.C2H6/c1-14(2)21-11-22(24(28)31)23(27)9-18(21)13-29-5-6-30(15(3)12-29)16(4)17-7-19(25)10-20(26)8-17;1-2/h7-11,14-16H,5-6,12-13H2,1-4H3,(H2,28,31);1-2H3. The van der Waals surface area contributed by atoms with Gasteiger partial charge in [0.25, 0.3) is 5.91 Å². The smallest absolute Gasteiger partial charge is 0.251 e. The van der Waals surface area contributed by atoms with Gasteiger partial charge in [-0.25, -0.2) is 4.39 Å². The zero-order valence-electron chi connectivity index (χ0n) is 20.5. The molecule has 1 amide bonds.